The molecule has 2 aliphatic rings. The third-order valence-electron chi connectivity index (χ3n) is 5.36. The van der Waals surface area contributed by atoms with Crippen LogP contribution in [0, 0.1) is 17.8 Å². The van der Waals surface area contributed by atoms with Crippen molar-refractivity contribution in [3.8, 4) is 0 Å². The molecule has 34 heavy (non-hydrogen) atoms. The Morgan fingerprint density at radius 1 is 1.26 bits per heavy atom. The Labute approximate surface area is 203 Å². The maximum absolute atomic E-state index is 12.8. The first-order valence-corrected chi connectivity index (χ1v) is 11.6. The van der Waals surface area contributed by atoms with Crippen LogP contribution in [0.25, 0.3) is 0 Å². The SMILES string of the molecule is [2H]C([2H])(OC(=O)N[C@@H](CC(C)C)C(=O)N[C@H](C=O)C[C@H]1CCNC1=O)C1CN(C(=O)OC(C)(C)C)C1. The van der Waals surface area contributed by atoms with E-state index in [4.69, 9.17) is 12.2 Å². The molecule has 3 N–H and O–H groups in total. The number of likely N-dealkylation sites (tertiary alicyclic amines) is 1. The summed E-state index contributed by atoms with van der Waals surface area (Å²) in [7, 11) is 0. The van der Waals surface area contributed by atoms with Gasteiger partial charge < -0.3 is 35.1 Å². The molecular formula is C23H38N4O7. The average Bonchev–Trinajstić information content (AvgIpc) is 3.07. The number of ether oxygens (including phenoxy) is 2. The monoisotopic (exact) mass is 484 g/mol. The Morgan fingerprint density at radius 2 is 1.94 bits per heavy atom. The van der Waals surface area contributed by atoms with E-state index in [0.717, 1.165) is 0 Å². The van der Waals surface area contributed by atoms with Gasteiger partial charge in [0.25, 0.3) is 0 Å². The second-order valence-electron chi connectivity index (χ2n) is 10.2. The highest BCUT2D eigenvalue weighted by molar-refractivity contribution is 5.88. The van der Waals surface area contributed by atoms with Crippen LogP contribution in [0.15, 0.2) is 0 Å². The van der Waals surface area contributed by atoms with E-state index in [1.54, 1.807) is 20.8 Å². The molecule has 0 spiro atoms. The highest BCUT2D eigenvalue weighted by Crippen LogP contribution is 2.20. The smallest absolute Gasteiger partial charge is 0.410 e. The molecule has 0 unspecified atom stereocenters. The maximum atomic E-state index is 12.8. The van der Waals surface area contributed by atoms with E-state index in [0.29, 0.717) is 19.3 Å². The molecule has 0 saturated carbocycles. The van der Waals surface area contributed by atoms with Crippen molar-refractivity contribution in [1.29, 1.82) is 0 Å². The number of carbonyl (C=O) groups excluding carboxylic acids is 5. The molecule has 2 aliphatic heterocycles. The van der Waals surface area contributed by atoms with Gasteiger partial charge in [-0.05, 0) is 46.0 Å². The van der Waals surface area contributed by atoms with Crippen molar-refractivity contribution in [3.63, 3.8) is 0 Å². The van der Waals surface area contributed by atoms with Gasteiger partial charge in [-0.15, -0.1) is 0 Å². The van der Waals surface area contributed by atoms with E-state index in [2.05, 4.69) is 16.0 Å². The molecular weight excluding hydrogens is 444 g/mol. The standard InChI is InChI=1S/C23H38N4O7/c1-14(2)8-18(20(30)25-17(12-28)9-16-6-7-24-19(16)29)26-21(31)33-13-15-10-27(11-15)22(32)34-23(3,4)5/h12,14-18H,6-11,13H2,1-5H3,(H,24,29)(H,25,30)(H,26,31)/t16-,17+,18+/m1/s1/i13D2. The third-order valence-corrected chi connectivity index (χ3v) is 5.36. The van der Waals surface area contributed by atoms with Crippen molar-refractivity contribution in [2.45, 2.75) is 71.6 Å². The van der Waals surface area contributed by atoms with Crippen LogP contribution >= 0.6 is 0 Å². The van der Waals surface area contributed by atoms with E-state index >= 15 is 0 Å². The van der Waals surface area contributed by atoms with Gasteiger partial charge in [0.1, 0.15) is 17.9 Å². The second-order valence-corrected chi connectivity index (χ2v) is 10.2. The van der Waals surface area contributed by atoms with Crippen LogP contribution in [0.5, 0.6) is 0 Å². The molecule has 4 amide bonds. The highest BCUT2D eigenvalue weighted by atomic mass is 16.6. The number of rotatable bonds is 10. The molecule has 2 saturated heterocycles. The van der Waals surface area contributed by atoms with Crippen LogP contribution in [0.3, 0.4) is 0 Å². The molecule has 192 valence electrons. The molecule has 0 aromatic heterocycles. The van der Waals surface area contributed by atoms with Crippen molar-refractivity contribution < 1.29 is 36.2 Å². The van der Waals surface area contributed by atoms with Crippen LogP contribution in [-0.2, 0) is 23.9 Å². The van der Waals surface area contributed by atoms with Crippen LogP contribution in [0.4, 0.5) is 9.59 Å². The molecule has 11 nitrogen and oxygen atoms in total. The fraction of sp³-hybridized carbons (Fsp3) is 0.783. The summed E-state index contributed by atoms with van der Waals surface area (Å²) in [6, 6.07) is -1.98. The lowest BCUT2D eigenvalue weighted by Gasteiger charge is -2.39. The highest BCUT2D eigenvalue weighted by Gasteiger charge is 2.35. The molecule has 0 aromatic carbocycles. The summed E-state index contributed by atoms with van der Waals surface area (Å²) in [6.45, 7) is 7.01. The van der Waals surface area contributed by atoms with Crippen molar-refractivity contribution in [3.05, 3.63) is 0 Å². The summed E-state index contributed by atoms with van der Waals surface area (Å²) in [5, 5.41) is 7.63. The topological polar surface area (TPSA) is 143 Å². The Morgan fingerprint density at radius 3 is 2.47 bits per heavy atom. The lowest BCUT2D eigenvalue weighted by molar-refractivity contribution is -0.127. The average molecular weight is 485 g/mol. The van der Waals surface area contributed by atoms with Gasteiger partial charge in [0, 0.05) is 31.5 Å². The summed E-state index contributed by atoms with van der Waals surface area (Å²) in [6.07, 6.45) is -0.212. The van der Waals surface area contributed by atoms with Gasteiger partial charge in [-0.3, -0.25) is 9.59 Å². The predicted molar refractivity (Wildman–Crippen MR) is 123 cm³/mol. The first kappa shape index (κ1) is 24.3. The summed E-state index contributed by atoms with van der Waals surface area (Å²) in [5.41, 5.74) is -0.685. The molecule has 0 aliphatic carbocycles. The Kier molecular flexibility index (Phi) is 8.59. The summed E-state index contributed by atoms with van der Waals surface area (Å²) in [4.78, 5) is 62.0. The second kappa shape index (κ2) is 12.0. The molecule has 2 heterocycles. The van der Waals surface area contributed by atoms with Crippen molar-refractivity contribution in [2.75, 3.05) is 26.2 Å². The maximum Gasteiger partial charge on any atom is 0.410 e. The minimum Gasteiger partial charge on any atom is -0.449 e. The summed E-state index contributed by atoms with van der Waals surface area (Å²) >= 11 is 0. The van der Waals surface area contributed by atoms with E-state index in [1.165, 1.54) is 4.90 Å². The molecule has 3 atom stereocenters. The van der Waals surface area contributed by atoms with Crippen molar-refractivity contribution >= 4 is 30.3 Å². The Bertz CT molecular complexity index is 841. The van der Waals surface area contributed by atoms with E-state index in [-0.39, 0.29) is 43.7 Å². The Balaban J connectivity index is 1.91. The third kappa shape index (κ3) is 8.83. The zero-order valence-corrected chi connectivity index (χ0v) is 20.5. The molecule has 0 aromatic rings. The molecule has 11 heteroatoms. The van der Waals surface area contributed by atoms with E-state index in [9.17, 15) is 24.0 Å². The zero-order valence-electron chi connectivity index (χ0n) is 22.5. The van der Waals surface area contributed by atoms with Crippen LogP contribution in [0.2, 0.25) is 0 Å². The number of nitrogens with zero attached hydrogens (tertiary/aromatic N) is 1. The lowest BCUT2D eigenvalue weighted by Crippen LogP contribution is -2.54. The first-order chi connectivity index (χ1) is 16.6. The van der Waals surface area contributed by atoms with Crippen molar-refractivity contribution in [2.24, 2.45) is 17.8 Å². The fourth-order valence-corrected chi connectivity index (χ4v) is 3.65. The number of carbonyl (C=O) groups is 5. The number of aldehydes is 1. The zero-order chi connectivity index (χ0) is 27.3. The molecule has 2 fully saturated rings. The number of hydrogen-bond acceptors (Lipinski definition) is 7. The van der Waals surface area contributed by atoms with Gasteiger partial charge in [-0.2, -0.15) is 0 Å². The first-order valence-electron chi connectivity index (χ1n) is 12.6. The number of amides is 4. The van der Waals surface area contributed by atoms with Gasteiger partial charge in [0.05, 0.1) is 15.3 Å². The molecule has 2 rings (SSSR count). The largest absolute Gasteiger partial charge is 0.449 e. The Hall–Kier alpha value is -2.85. The van der Waals surface area contributed by atoms with Gasteiger partial charge in [-0.25, -0.2) is 9.59 Å². The summed E-state index contributed by atoms with van der Waals surface area (Å²) < 4.78 is 26.5. The predicted octanol–water partition coefficient (Wildman–Crippen LogP) is 1.20. The van der Waals surface area contributed by atoms with Gasteiger partial charge in [0.15, 0.2) is 0 Å². The van der Waals surface area contributed by atoms with Crippen molar-refractivity contribution in [1.82, 2.24) is 20.9 Å². The normalized spacial score (nSPS) is 21.4. The fourth-order valence-electron chi connectivity index (χ4n) is 3.65. The minimum absolute atomic E-state index is 0.0119. The number of alkyl carbamates (subject to hydrolysis) is 1. The molecule has 0 bridgehead atoms. The van der Waals surface area contributed by atoms with Crippen LogP contribution in [-0.4, -0.2) is 79.1 Å². The van der Waals surface area contributed by atoms with E-state index in [1.807, 2.05) is 13.8 Å². The lowest BCUT2D eigenvalue weighted by atomic mass is 9.98. The quantitative estimate of drug-likeness (QED) is 0.395. The van der Waals surface area contributed by atoms with Crippen LogP contribution < -0.4 is 16.0 Å². The number of hydrogen-bond donors (Lipinski definition) is 3. The summed E-state index contributed by atoms with van der Waals surface area (Å²) in [5.74, 6) is -1.94. The number of nitrogens with one attached hydrogen (secondary N) is 3. The van der Waals surface area contributed by atoms with Gasteiger partial charge >= 0.3 is 12.2 Å². The molecule has 0 radical (unpaired) electrons. The minimum atomic E-state index is -2.39. The van der Waals surface area contributed by atoms with Gasteiger partial charge in [-0.1, -0.05) is 13.8 Å². The van der Waals surface area contributed by atoms with Gasteiger partial charge in [0.2, 0.25) is 11.8 Å². The van der Waals surface area contributed by atoms with Crippen LogP contribution in [0.1, 0.15) is 56.6 Å². The van der Waals surface area contributed by atoms with E-state index < -0.39 is 48.3 Å².